The highest BCUT2D eigenvalue weighted by atomic mass is 16.5. The fourth-order valence-electron chi connectivity index (χ4n) is 3.91. The zero-order valence-corrected chi connectivity index (χ0v) is 20.9. The lowest BCUT2D eigenvalue weighted by atomic mass is 10.1. The van der Waals surface area contributed by atoms with E-state index in [1.54, 1.807) is 21.3 Å². The Morgan fingerprint density at radius 1 is 0.611 bits per heavy atom. The predicted molar refractivity (Wildman–Crippen MR) is 144 cm³/mol. The van der Waals surface area contributed by atoms with E-state index < -0.39 is 0 Å². The molecule has 0 aliphatic rings. The second kappa shape index (κ2) is 12.5. The number of methoxy groups -OCH3 is 3. The van der Waals surface area contributed by atoms with E-state index in [1.165, 1.54) is 5.56 Å². The van der Waals surface area contributed by atoms with Gasteiger partial charge in [-0.2, -0.15) is 0 Å². The molecule has 0 fully saturated rings. The summed E-state index contributed by atoms with van der Waals surface area (Å²) in [6, 6.07) is 29.8. The third-order valence-electron chi connectivity index (χ3n) is 5.80. The zero-order chi connectivity index (χ0) is 25.2. The van der Waals surface area contributed by atoms with Crippen molar-refractivity contribution in [1.82, 2.24) is 5.32 Å². The smallest absolute Gasteiger partial charge is 0.169 e. The van der Waals surface area contributed by atoms with Crippen LogP contribution in [0.2, 0.25) is 0 Å². The zero-order valence-electron chi connectivity index (χ0n) is 20.9. The van der Waals surface area contributed by atoms with Gasteiger partial charge in [0, 0.05) is 17.9 Å². The first kappa shape index (κ1) is 24.9. The number of hydrogen-bond acceptors (Lipinski definition) is 6. The summed E-state index contributed by atoms with van der Waals surface area (Å²) in [4.78, 5) is 0. The van der Waals surface area contributed by atoms with Gasteiger partial charge in [0.2, 0.25) is 0 Å². The third kappa shape index (κ3) is 6.49. The van der Waals surface area contributed by atoms with Gasteiger partial charge in [-0.1, -0.05) is 30.3 Å². The van der Waals surface area contributed by atoms with Crippen LogP contribution in [0.4, 0.5) is 11.4 Å². The number of nitrogens with one attached hydrogen (secondary N) is 2. The van der Waals surface area contributed by atoms with Crippen LogP contribution < -0.4 is 29.6 Å². The van der Waals surface area contributed by atoms with E-state index in [9.17, 15) is 0 Å². The summed E-state index contributed by atoms with van der Waals surface area (Å²) < 4.78 is 22.8. The van der Waals surface area contributed by atoms with Gasteiger partial charge in [-0.15, -0.1) is 0 Å². The maximum atomic E-state index is 6.20. The van der Waals surface area contributed by atoms with E-state index in [-0.39, 0.29) is 0 Å². The fraction of sp³-hybridized carbons (Fsp3) is 0.200. The molecule has 0 atom stereocenters. The van der Waals surface area contributed by atoms with Gasteiger partial charge in [-0.3, -0.25) is 0 Å². The van der Waals surface area contributed by atoms with Crippen LogP contribution in [0.3, 0.4) is 0 Å². The van der Waals surface area contributed by atoms with Gasteiger partial charge < -0.3 is 29.6 Å². The summed E-state index contributed by atoms with van der Waals surface area (Å²) in [5.41, 5.74) is 4.17. The minimum Gasteiger partial charge on any atom is -0.497 e. The molecule has 4 aromatic rings. The Hall–Kier alpha value is -4.16. The van der Waals surface area contributed by atoms with Gasteiger partial charge in [0.25, 0.3) is 0 Å². The van der Waals surface area contributed by atoms with Crippen LogP contribution in [0.25, 0.3) is 0 Å². The van der Waals surface area contributed by atoms with Crippen LogP contribution in [-0.2, 0) is 13.0 Å². The molecular formula is C30H32N2O4. The summed E-state index contributed by atoms with van der Waals surface area (Å²) in [7, 11) is 4.98. The van der Waals surface area contributed by atoms with Crippen molar-refractivity contribution in [3.05, 3.63) is 102 Å². The van der Waals surface area contributed by atoms with E-state index in [0.29, 0.717) is 18.0 Å². The third-order valence-corrected chi connectivity index (χ3v) is 5.80. The van der Waals surface area contributed by atoms with Crippen LogP contribution in [-0.4, -0.2) is 27.9 Å². The molecule has 0 radical (unpaired) electrons. The summed E-state index contributed by atoms with van der Waals surface area (Å²) in [5, 5.41) is 6.87. The molecule has 0 saturated carbocycles. The van der Waals surface area contributed by atoms with Crippen molar-refractivity contribution in [2.45, 2.75) is 13.0 Å². The molecule has 0 aliphatic heterocycles. The normalized spacial score (nSPS) is 10.5. The average molecular weight is 485 g/mol. The summed E-state index contributed by atoms with van der Waals surface area (Å²) in [6.45, 7) is 1.39. The number of benzene rings is 4. The molecule has 0 heterocycles. The summed E-state index contributed by atoms with van der Waals surface area (Å²) in [5.74, 6) is 3.61. The van der Waals surface area contributed by atoms with Crippen LogP contribution in [0.1, 0.15) is 11.1 Å². The Labute approximate surface area is 212 Å². The van der Waals surface area contributed by atoms with Crippen molar-refractivity contribution in [2.75, 3.05) is 33.2 Å². The van der Waals surface area contributed by atoms with Crippen molar-refractivity contribution < 1.29 is 18.9 Å². The molecular weight excluding hydrogens is 452 g/mol. The van der Waals surface area contributed by atoms with Crippen molar-refractivity contribution in [2.24, 2.45) is 0 Å². The highest BCUT2D eigenvalue weighted by Crippen LogP contribution is 2.40. The molecule has 0 aliphatic carbocycles. The second-order valence-corrected chi connectivity index (χ2v) is 8.17. The Morgan fingerprint density at radius 2 is 1.28 bits per heavy atom. The SMILES string of the molecule is COc1ccc(CCNCc2c(OC)ccc(Oc3ccc(Nc4ccccc4)cc3)c2OC)cc1. The first-order chi connectivity index (χ1) is 17.7. The number of para-hydroxylation sites is 1. The molecule has 6 nitrogen and oxygen atoms in total. The lowest BCUT2D eigenvalue weighted by Gasteiger charge is -2.18. The van der Waals surface area contributed by atoms with Gasteiger partial charge >= 0.3 is 0 Å². The molecule has 4 aromatic carbocycles. The van der Waals surface area contributed by atoms with Gasteiger partial charge in [-0.25, -0.2) is 0 Å². The largest absolute Gasteiger partial charge is 0.497 e. The molecule has 0 bridgehead atoms. The predicted octanol–water partition coefficient (Wildman–Crippen LogP) is 6.58. The van der Waals surface area contributed by atoms with Crippen molar-refractivity contribution in [3.63, 3.8) is 0 Å². The summed E-state index contributed by atoms with van der Waals surface area (Å²) in [6.07, 6.45) is 0.897. The first-order valence-corrected chi connectivity index (χ1v) is 11.9. The molecule has 0 unspecified atom stereocenters. The Balaban J connectivity index is 1.41. The maximum Gasteiger partial charge on any atom is 0.169 e. The van der Waals surface area contributed by atoms with E-state index in [0.717, 1.165) is 47.2 Å². The maximum absolute atomic E-state index is 6.20. The van der Waals surface area contributed by atoms with Crippen LogP contribution >= 0.6 is 0 Å². The van der Waals surface area contributed by atoms with Crippen molar-refractivity contribution >= 4 is 11.4 Å². The molecule has 0 amide bonds. The minimum absolute atomic E-state index is 0.583. The van der Waals surface area contributed by atoms with Crippen molar-refractivity contribution in [3.8, 4) is 28.7 Å². The molecule has 2 N–H and O–H groups in total. The van der Waals surface area contributed by atoms with Gasteiger partial charge in [0.1, 0.15) is 17.2 Å². The van der Waals surface area contributed by atoms with E-state index in [1.807, 2.05) is 78.9 Å². The Morgan fingerprint density at radius 3 is 1.94 bits per heavy atom. The number of ether oxygens (including phenoxy) is 4. The van der Waals surface area contributed by atoms with E-state index in [4.69, 9.17) is 18.9 Å². The molecule has 0 saturated heterocycles. The number of anilines is 2. The van der Waals surface area contributed by atoms with Crippen LogP contribution in [0.5, 0.6) is 28.7 Å². The summed E-state index contributed by atoms with van der Waals surface area (Å²) >= 11 is 0. The highest BCUT2D eigenvalue weighted by Gasteiger charge is 2.16. The van der Waals surface area contributed by atoms with Gasteiger partial charge in [-0.05, 0) is 79.2 Å². The number of rotatable bonds is 12. The van der Waals surface area contributed by atoms with Crippen LogP contribution in [0, 0.1) is 0 Å². The lowest BCUT2D eigenvalue weighted by molar-refractivity contribution is 0.359. The van der Waals surface area contributed by atoms with Gasteiger partial charge in [0.05, 0.1) is 26.9 Å². The fourth-order valence-corrected chi connectivity index (χ4v) is 3.91. The van der Waals surface area contributed by atoms with E-state index >= 15 is 0 Å². The molecule has 6 heteroatoms. The average Bonchev–Trinajstić information content (AvgIpc) is 2.93. The van der Waals surface area contributed by atoms with Gasteiger partial charge in [0.15, 0.2) is 11.5 Å². The minimum atomic E-state index is 0.583. The Kier molecular flexibility index (Phi) is 8.67. The monoisotopic (exact) mass is 484 g/mol. The second-order valence-electron chi connectivity index (χ2n) is 8.17. The molecule has 0 spiro atoms. The molecule has 36 heavy (non-hydrogen) atoms. The van der Waals surface area contributed by atoms with Crippen molar-refractivity contribution in [1.29, 1.82) is 0 Å². The standard InChI is InChI=1S/C30H32N2O4/c1-33-25-13-9-22(10-14-25)19-20-31-21-27-28(34-2)17-18-29(30(27)35-3)36-26-15-11-24(12-16-26)32-23-7-5-4-6-8-23/h4-18,31-32H,19-21H2,1-3H3. The first-order valence-electron chi connectivity index (χ1n) is 11.9. The van der Waals surface area contributed by atoms with E-state index in [2.05, 4.69) is 22.8 Å². The molecule has 4 rings (SSSR count). The number of hydrogen-bond donors (Lipinski definition) is 2. The molecule has 186 valence electrons. The Bertz CT molecular complexity index is 1230. The topological polar surface area (TPSA) is 61.0 Å². The quantitative estimate of drug-likeness (QED) is 0.222. The lowest BCUT2D eigenvalue weighted by Crippen LogP contribution is -2.18. The highest BCUT2D eigenvalue weighted by molar-refractivity contribution is 5.61. The van der Waals surface area contributed by atoms with Crippen LogP contribution in [0.15, 0.2) is 91.0 Å². The molecule has 0 aromatic heterocycles.